The largest absolute Gasteiger partial charge is 0.479 e. The summed E-state index contributed by atoms with van der Waals surface area (Å²) in [5.41, 5.74) is 2.48. The SMILES string of the molecule is Cc1cc(C)cc(C(NC(=O)c2ncoc2C)C(=O)O)c1. The van der Waals surface area contributed by atoms with E-state index in [1.54, 1.807) is 19.1 Å². The van der Waals surface area contributed by atoms with Crippen LogP contribution in [-0.4, -0.2) is 22.0 Å². The van der Waals surface area contributed by atoms with Crippen molar-refractivity contribution in [1.29, 1.82) is 0 Å². The number of oxazole rings is 1. The number of carbonyl (C=O) groups excluding carboxylic acids is 1. The van der Waals surface area contributed by atoms with E-state index in [4.69, 9.17) is 4.42 Å². The molecule has 0 spiro atoms. The molecule has 0 bridgehead atoms. The maximum absolute atomic E-state index is 12.1. The molecule has 0 saturated heterocycles. The monoisotopic (exact) mass is 288 g/mol. The second kappa shape index (κ2) is 5.78. The number of aromatic nitrogens is 1. The zero-order valence-corrected chi connectivity index (χ0v) is 12.0. The summed E-state index contributed by atoms with van der Waals surface area (Å²) >= 11 is 0. The van der Waals surface area contributed by atoms with Gasteiger partial charge in [0.15, 0.2) is 18.1 Å². The molecule has 1 unspecified atom stereocenters. The van der Waals surface area contributed by atoms with Gasteiger partial charge < -0.3 is 14.8 Å². The number of amides is 1. The molecule has 0 radical (unpaired) electrons. The van der Waals surface area contributed by atoms with Gasteiger partial charge >= 0.3 is 5.97 Å². The molecule has 2 rings (SSSR count). The van der Waals surface area contributed by atoms with Crippen molar-refractivity contribution in [3.8, 4) is 0 Å². The lowest BCUT2D eigenvalue weighted by atomic mass is 10.0. The number of hydrogen-bond acceptors (Lipinski definition) is 4. The zero-order chi connectivity index (χ0) is 15.6. The first kappa shape index (κ1) is 14.8. The van der Waals surface area contributed by atoms with Crippen LogP contribution >= 0.6 is 0 Å². The maximum Gasteiger partial charge on any atom is 0.330 e. The van der Waals surface area contributed by atoms with E-state index < -0.39 is 17.9 Å². The highest BCUT2D eigenvalue weighted by atomic mass is 16.4. The Balaban J connectivity index is 2.30. The van der Waals surface area contributed by atoms with Crippen LogP contribution in [0, 0.1) is 20.8 Å². The second-order valence-electron chi connectivity index (χ2n) is 4.92. The molecular weight excluding hydrogens is 272 g/mol. The Hall–Kier alpha value is -2.63. The third-order valence-electron chi connectivity index (χ3n) is 3.06. The molecule has 6 heteroatoms. The van der Waals surface area contributed by atoms with Crippen molar-refractivity contribution in [3.05, 3.63) is 52.7 Å². The van der Waals surface area contributed by atoms with Crippen LogP contribution in [0.5, 0.6) is 0 Å². The van der Waals surface area contributed by atoms with Crippen molar-refractivity contribution < 1.29 is 19.1 Å². The molecule has 6 nitrogen and oxygen atoms in total. The lowest BCUT2D eigenvalue weighted by molar-refractivity contribution is -0.139. The van der Waals surface area contributed by atoms with Gasteiger partial charge in [-0.25, -0.2) is 9.78 Å². The molecule has 0 saturated carbocycles. The van der Waals surface area contributed by atoms with Crippen molar-refractivity contribution in [2.45, 2.75) is 26.8 Å². The van der Waals surface area contributed by atoms with Gasteiger partial charge in [-0.15, -0.1) is 0 Å². The molecule has 1 aromatic heterocycles. The molecule has 110 valence electrons. The van der Waals surface area contributed by atoms with E-state index in [9.17, 15) is 14.7 Å². The highest BCUT2D eigenvalue weighted by molar-refractivity contribution is 5.95. The van der Waals surface area contributed by atoms with Crippen LogP contribution in [0.4, 0.5) is 0 Å². The smallest absolute Gasteiger partial charge is 0.330 e. The molecule has 0 aliphatic rings. The summed E-state index contributed by atoms with van der Waals surface area (Å²) in [6.07, 6.45) is 1.15. The molecule has 2 N–H and O–H groups in total. The summed E-state index contributed by atoms with van der Waals surface area (Å²) < 4.78 is 4.95. The zero-order valence-electron chi connectivity index (χ0n) is 12.0. The fourth-order valence-corrected chi connectivity index (χ4v) is 2.19. The number of hydrogen-bond donors (Lipinski definition) is 2. The number of aliphatic carboxylic acids is 1. The second-order valence-corrected chi connectivity index (χ2v) is 4.92. The standard InChI is InChI=1S/C15H16N2O4/c1-8-4-9(2)6-11(5-8)13(15(19)20)17-14(18)12-10(3)21-7-16-12/h4-7,13H,1-3H3,(H,17,18)(H,19,20). The Labute approximate surface area is 121 Å². The van der Waals surface area contributed by atoms with E-state index in [0.29, 0.717) is 11.3 Å². The van der Waals surface area contributed by atoms with Crippen LogP contribution in [-0.2, 0) is 4.79 Å². The van der Waals surface area contributed by atoms with Crippen molar-refractivity contribution in [3.63, 3.8) is 0 Å². The molecule has 1 amide bonds. The summed E-state index contributed by atoms with van der Waals surface area (Å²) in [7, 11) is 0. The first-order chi connectivity index (χ1) is 9.88. The number of aryl methyl sites for hydroxylation is 3. The number of carboxylic acids is 1. The van der Waals surface area contributed by atoms with E-state index in [-0.39, 0.29) is 5.69 Å². The minimum Gasteiger partial charge on any atom is -0.479 e. The Morgan fingerprint density at radius 2 is 1.81 bits per heavy atom. The summed E-state index contributed by atoms with van der Waals surface area (Å²) in [6.45, 7) is 5.34. The Morgan fingerprint density at radius 3 is 2.29 bits per heavy atom. The topological polar surface area (TPSA) is 92.4 Å². The number of carbonyl (C=O) groups is 2. The highest BCUT2D eigenvalue weighted by Crippen LogP contribution is 2.18. The van der Waals surface area contributed by atoms with Crippen LogP contribution < -0.4 is 5.32 Å². The number of nitrogens with zero attached hydrogens (tertiary/aromatic N) is 1. The third-order valence-corrected chi connectivity index (χ3v) is 3.06. The maximum atomic E-state index is 12.1. The third kappa shape index (κ3) is 3.28. The van der Waals surface area contributed by atoms with Crippen LogP contribution in [0.25, 0.3) is 0 Å². The summed E-state index contributed by atoms with van der Waals surface area (Å²) in [5.74, 6) is -1.36. The van der Waals surface area contributed by atoms with E-state index >= 15 is 0 Å². The van der Waals surface area contributed by atoms with Crippen LogP contribution in [0.3, 0.4) is 0 Å². The Bertz CT molecular complexity index is 670. The molecule has 1 aromatic carbocycles. The van der Waals surface area contributed by atoms with Crippen LogP contribution in [0.1, 0.15) is 39.0 Å². The lowest BCUT2D eigenvalue weighted by Gasteiger charge is -2.15. The molecule has 0 aliphatic carbocycles. The Kier molecular flexibility index (Phi) is 4.07. The first-order valence-corrected chi connectivity index (χ1v) is 6.40. The number of rotatable bonds is 4. The van der Waals surface area contributed by atoms with Gasteiger partial charge in [-0.05, 0) is 26.3 Å². The van der Waals surface area contributed by atoms with Gasteiger partial charge in [0.1, 0.15) is 5.76 Å². The summed E-state index contributed by atoms with van der Waals surface area (Å²) in [6, 6.07) is 4.28. The number of benzene rings is 1. The first-order valence-electron chi connectivity index (χ1n) is 6.40. The molecule has 1 heterocycles. The lowest BCUT2D eigenvalue weighted by Crippen LogP contribution is -2.34. The van der Waals surface area contributed by atoms with E-state index in [0.717, 1.165) is 17.5 Å². The van der Waals surface area contributed by atoms with Crippen molar-refractivity contribution in [2.75, 3.05) is 0 Å². The van der Waals surface area contributed by atoms with Gasteiger partial charge in [0.2, 0.25) is 0 Å². The van der Waals surface area contributed by atoms with E-state index in [1.165, 1.54) is 0 Å². The number of nitrogens with one attached hydrogen (secondary N) is 1. The van der Waals surface area contributed by atoms with Gasteiger partial charge in [-0.3, -0.25) is 4.79 Å². The average Bonchev–Trinajstić information content (AvgIpc) is 2.80. The quantitative estimate of drug-likeness (QED) is 0.899. The van der Waals surface area contributed by atoms with Crippen molar-refractivity contribution >= 4 is 11.9 Å². The van der Waals surface area contributed by atoms with Crippen molar-refractivity contribution in [2.24, 2.45) is 0 Å². The molecule has 0 fully saturated rings. The van der Waals surface area contributed by atoms with Gasteiger partial charge in [0.05, 0.1) is 0 Å². The minimum absolute atomic E-state index is 0.0885. The fourth-order valence-electron chi connectivity index (χ4n) is 2.19. The fraction of sp³-hybridized carbons (Fsp3) is 0.267. The molecule has 0 aliphatic heterocycles. The predicted molar refractivity (Wildman–Crippen MR) is 75.0 cm³/mol. The van der Waals surface area contributed by atoms with Gasteiger partial charge in [0, 0.05) is 0 Å². The van der Waals surface area contributed by atoms with E-state index in [1.807, 2.05) is 19.9 Å². The molecular formula is C15H16N2O4. The summed E-state index contributed by atoms with van der Waals surface area (Å²) in [5, 5.41) is 11.8. The predicted octanol–water partition coefficient (Wildman–Crippen LogP) is 2.16. The van der Waals surface area contributed by atoms with E-state index in [2.05, 4.69) is 10.3 Å². The number of carboxylic acid groups (broad SMARTS) is 1. The highest BCUT2D eigenvalue weighted by Gasteiger charge is 2.25. The molecule has 1 atom stereocenters. The van der Waals surface area contributed by atoms with Gasteiger partial charge in [-0.1, -0.05) is 29.3 Å². The Morgan fingerprint density at radius 1 is 1.19 bits per heavy atom. The summed E-state index contributed by atoms with van der Waals surface area (Å²) in [4.78, 5) is 27.3. The molecule has 2 aromatic rings. The van der Waals surface area contributed by atoms with Gasteiger partial charge in [-0.2, -0.15) is 0 Å². The normalized spacial score (nSPS) is 12.0. The molecule has 21 heavy (non-hydrogen) atoms. The average molecular weight is 288 g/mol. The van der Waals surface area contributed by atoms with Crippen molar-refractivity contribution in [1.82, 2.24) is 10.3 Å². The minimum atomic E-state index is -1.13. The van der Waals surface area contributed by atoms with Crippen LogP contribution in [0.15, 0.2) is 29.0 Å². The van der Waals surface area contributed by atoms with Crippen LogP contribution in [0.2, 0.25) is 0 Å². The van der Waals surface area contributed by atoms with Gasteiger partial charge in [0.25, 0.3) is 5.91 Å².